The fraction of sp³-hybridized carbons (Fsp3) is 0.875. The second kappa shape index (κ2) is 5.58. The zero-order chi connectivity index (χ0) is 12.2. The summed E-state index contributed by atoms with van der Waals surface area (Å²) in [5.74, 6) is -1.67. The van der Waals surface area contributed by atoms with Gasteiger partial charge in [-0.25, -0.2) is 8.42 Å². The molecule has 0 aromatic rings. The van der Waals surface area contributed by atoms with Crippen LogP contribution in [0.25, 0.3) is 0 Å². The molecule has 94 valence electrons. The minimum absolute atomic E-state index is 0.267. The number of carboxylic acids is 1. The van der Waals surface area contributed by atoms with Gasteiger partial charge in [0.2, 0.25) is 10.0 Å². The highest BCUT2D eigenvalue weighted by molar-refractivity contribution is 7.89. The number of rotatable bonds is 6. The van der Waals surface area contributed by atoms with Crippen LogP contribution in [0.15, 0.2) is 0 Å². The molecule has 0 aromatic heterocycles. The number of sulfonamides is 1. The lowest BCUT2D eigenvalue weighted by molar-refractivity contribution is -0.139. The molecular formula is C8H15NO6S. The Labute approximate surface area is 93.5 Å². The Kier molecular flexibility index (Phi) is 4.66. The van der Waals surface area contributed by atoms with Gasteiger partial charge in [-0.1, -0.05) is 0 Å². The second-order valence-corrected chi connectivity index (χ2v) is 5.41. The maximum Gasteiger partial charge on any atom is 0.324 e. The SMILES string of the molecule is O=C(O)[C@H](CO)NS(=O)(=O)CC1CCCO1. The van der Waals surface area contributed by atoms with E-state index in [9.17, 15) is 13.2 Å². The molecule has 1 aliphatic heterocycles. The number of nitrogens with one attached hydrogen (secondary N) is 1. The molecule has 1 unspecified atom stereocenters. The normalized spacial score (nSPS) is 23.2. The van der Waals surface area contributed by atoms with E-state index < -0.39 is 28.6 Å². The summed E-state index contributed by atoms with van der Waals surface area (Å²) in [5, 5.41) is 17.3. The molecule has 1 aliphatic rings. The van der Waals surface area contributed by atoms with Crippen LogP contribution in [0.3, 0.4) is 0 Å². The van der Waals surface area contributed by atoms with Gasteiger partial charge in [-0.3, -0.25) is 4.79 Å². The highest BCUT2D eigenvalue weighted by Gasteiger charge is 2.27. The molecule has 0 aromatic carbocycles. The number of aliphatic hydroxyl groups is 1. The Morgan fingerprint density at radius 3 is 2.69 bits per heavy atom. The predicted molar refractivity (Wildman–Crippen MR) is 54.4 cm³/mol. The average molecular weight is 253 g/mol. The maximum atomic E-state index is 11.5. The van der Waals surface area contributed by atoms with Crippen LogP contribution in [0.1, 0.15) is 12.8 Å². The number of aliphatic hydroxyl groups excluding tert-OH is 1. The third kappa shape index (κ3) is 4.05. The van der Waals surface area contributed by atoms with Crippen LogP contribution < -0.4 is 4.72 Å². The number of hydrogen-bond donors (Lipinski definition) is 3. The number of carbonyl (C=O) groups is 1. The zero-order valence-electron chi connectivity index (χ0n) is 8.63. The Hall–Kier alpha value is -0.700. The van der Waals surface area contributed by atoms with E-state index in [2.05, 4.69) is 0 Å². The highest BCUT2D eigenvalue weighted by Crippen LogP contribution is 2.13. The van der Waals surface area contributed by atoms with E-state index in [1.54, 1.807) is 0 Å². The molecule has 1 heterocycles. The Balaban J connectivity index is 2.52. The zero-order valence-corrected chi connectivity index (χ0v) is 9.44. The third-order valence-electron chi connectivity index (χ3n) is 2.23. The summed E-state index contributed by atoms with van der Waals surface area (Å²) in [6.45, 7) is -0.247. The van der Waals surface area contributed by atoms with E-state index in [0.717, 1.165) is 6.42 Å². The van der Waals surface area contributed by atoms with Crippen LogP contribution in [0.2, 0.25) is 0 Å². The summed E-state index contributed by atoms with van der Waals surface area (Å²) in [5.41, 5.74) is 0. The summed E-state index contributed by atoms with van der Waals surface area (Å²) in [6.07, 6.45) is 1.07. The lowest BCUT2D eigenvalue weighted by atomic mass is 10.3. The van der Waals surface area contributed by atoms with Gasteiger partial charge in [-0.05, 0) is 12.8 Å². The van der Waals surface area contributed by atoms with Crippen LogP contribution >= 0.6 is 0 Å². The molecule has 0 saturated carbocycles. The lowest BCUT2D eigenvalue weighted by Crippen LogP contribution is -2.45. The van der Waals surface area contributed by atoms with Crippen molar-refractivity contribution in [3.63, 3.8) is 0 Å². The maximum absolute atomic E-state index is 11.5. The molecule has 2 atom stereocenters. The van der Waals surface area contributed by atoms with Crippen molar-refractivity contribution in [3.8, 4) is 0 Å². The number of ether oxygens (including phenoxy) is 1. The van der Waals surface area contributed by atoms with E-state index in [-0.39, 0.29) is 11.9 Å². The van der Waals surface area contributed by atoms with Crippen molar-refractivity contribution in [1.82, 2.24) is 4.72 Å². The molecule has 0 bridgehead atoms. The number of hydrogen-bond acceptors (Lipinski definition) is 5. The first-order chi connectivity index (χ1) is 7.44. The predicted octanol–water partition coefficient (Wildman–Crippen LogP) is -1.47. The molecular weight excluding hydrogens is 238 g/mol. The van der Waals surface area contributed by atoms with E-state index >= 15 is 0 Å². The van der Waals surface area contributed by atoms with Gasteiger partial charge in [0.1, 0.15) is 6.04 Å². The van der Waals surface area contributed by atoms with Crippen molar-refractivity contribution in [2.24, 2.45) is 0 Å². The van der Waals surface area contributed by atoms with Crippen LogP contribution in [0.4, 0.5) is 0 Å². The second-order valence-electron chi connectivity index (χ2n) is 3.61. The van der Waals surface area contributed by atoms with Crippen molar-refractivity contribution >= 4 is 16.0 Å². The van der Waals surface area contributed by atoms with Crippen molar-refractivity contribution in [2.45, 2.75) is 25.0 Å². The molecule has 3 N–H and O–H groups in total. The summed E-state index contributed by atoms with van der Waals surface area (Å²) < 4.78 is 30.0. The van der Waals surface area contributed by atoms with Crippen LogP contribution in [-0.2, 0) is 19.6 Å². The fourth-order valence-corrected chi connectivity index (χ4v) is 2.91. The van der Waals surface area contributed by atoms with E-state index in [1.165, 1.54) is 0 Å². The molecule has 0 amide bonds. The first-order valence-corrected chi connectivity index (χ1v) is 6.55. The largest absolute Gasteiger partial charge is 0.480 e. The van der Waals surface area contributed by atoms with Gasteiger partial charge in [0, 0.05) is 6.61 Å². The van der Waals surface area contributed by atoms with Crippen LogP contribution in [0.5, 0.6) is 0 Å². The van der Waals surface area contributed by atoms with Gasteiger partial charge in [0.15, 0.2) is 0 Å². The van der Waals surface area contributed by atoms with Gasteiger partial charge in [-0.15, -0.1) is 0 Å². The van der Waals surface area contributed by atoms with Gasteiger partial charge in [-0.2, -0.15) is 4.72 Å². The van der Waals surface area contributed by atoms with E-state index in [0.29, 0.717) is 13.0 Å². The Morgan fingerprint density at radius 2 is 2.25 bits per heavy atom. The van der Waals surface area contributed by atoms with E-state index in [1.807, 2.05) is 4.72 Å². The van der Waals surface area contributed by atoms with Crippen LogP contribution in [0, 0.1) is 0 Å². The first-order valence-electron chi connectivity index (χ1n) is 4.90. The van der Waals surface area contributed by atoms with Crippen LogP contribution in [-0.4, -0.2) is 55.7 Å². The van der Waals surface area contributed by atoms with Gasteiger partial charge < -0.3 is 14.9 Å². The van der Waals surface area contributed by atoms with Gasteiger partial charge >= 0.3 is 5.97 Å². The fourth-order valence-electron chi connectivity index (χ4n) is 1.45. The topological polar surface area (TPSA) is 113 Å². The summed E-state index contributed by atoms with van der Waals surface area (Å²) in [7, 11) is -3.74. The number of carboxylic acid groups (broad SMARTS) is 1. The molecule has 1 rings (SSSR count). The molecule has 0 spiro atoms. The molecule has 0 aliphatic carbocycles. The minimum atomic E-state index is -3.74. The highest BCUT2D eigenvalue weighted by atomic mass is 32.2. The van der Waals surface area contributed by atoms with Crippen molar-refractivity contribution in [1.29, 1.82) is 0 Å². The molecule has 16 heavy (non-hydrogen) atoms. The van der Waals surface area contributed by atoms with Crippen molar-refractivity contribution in [2.75, 3.05) is 19.0 Å². The Bertz CT molecular complexity index is 334. The average Bonchev–Trinajstić information content (AvgIpc) is 2.65. The van der Waals surface area contributed by atoms with Crippen molar-refractivity contribution in [3.05, 3.63) is 0 Å². The lowest BCUT2D eigenvalue weighted by Gasteiger charge is -2.14. The molecule has 7 nitrogen and oxygen atoms in total. The van der Waals surface area contributed by atoms with Gasteiger partial charge in [0.05, 0.1) is 18.5 Å². The summed E-state index contributed by atoms with van der Waals surface area (Å²) in [4.78, 5) is 10.5. The Morgan fingerprint density at radius 1 is 1.56 bits per heavy atom. The smallest absolute Gasteiger partial charge is 0.324 e. The standard InChI is InChI=1S/C8H15NO6S/c10-4-7(8(11)12)9-16(13,14)5-6-2-1-3-15-6/h6-7,9-10H,1-5H2,(H,11,12)/t6?,7-/m0/s1. The van der Waals surface area contributed by atoms with E-state index in [4.69, 9.17) is 14.9 Å². The monoisotopic (exact) mass is 253 g/mol. The molecule has 8 heteroatoms. The minimum Gasteiger partial charge on any atom is -0.480 e. The summed E-state index contributed by atoms with van der Waals surface area (Å²) >= 11 is 0. The molecule has 1 saturated heterocycles. The quantitative estimate of drug-likeness (QED) is 0.532. The first kappa shape index (κ1) is 13.4. The number of aliphatic carboxylic acids is 1. The molecule has 0 radical (unpaired) electrons. The van der Waals surface area contributed by atoms with Crippen molar-refractivity contribution < 1.29 is 28.2 Å². The summed E-state index contributed by atoms with van der Waals surface area (Å²) in [6, 6.07) is -1.49. The molecule has 1 fully saturated rings. The third-order valence-corrected chi connectivity index (χ3v) is 3.69. The van der Waals surface area contributed by atoms with Gasteiger partial charge in [0.25, 0.3) is 0 Å².